The van der Waals surface area contributed by atoms with Crippen molar-refractivity contribution >= 4 is 11.9 Å². The van der Waals surface area contributed by atoms with Crippen molar-refractivity contribution in [2.75, 3.05) is 6.61 Å². The molecule has 2 aromatic rings. The molecule has 26 heavy (non-hydrogen) atoms. The first-order valence-electron chi connectivity index (χ1n) is 8.34. The van der Waals surface area contributed by atoms with Crippen LogP contribution in [0.15, 0.2) is 60.7 Å². The van der Waals surface area contributed by atoms with Gasteiger partial charge in [0.05, 0.1) is 17.2 Å². The van der Waals surface area contributed by atoms with E-state index in [1.807, 2.05) is 0 Å². The molecule has 0 aliphatic carbocycles. The quantitative estimate of drug-likeness (QED) is 0.768. The van der Waals surface area contributed by atoms with Crippen molar-refractivity contribution in [2.24, 2.45) is 0 Å². The highest BCUT2D eigenvalue weighted by Gasteiger charge is 2.46. The lowest BCUT2D eigenvalue weighted by molar-refractivity contribution is -0.0403. The second kappa shape index (κ2) is 8.10. The summed E-state index contributed by atoms with van der Waals surface area (Å²) < 4.78 is 30.4. The lowest BCUT2D eigenvalue weighted by Crippen LogP contribution is -2.37. The van der Waals surface area contributed by atoms with Crippen LogP contribution in [-0.2, 0) is 14.2 Å². The average Bonchev–Trinajstić information content (AvgIpc) is 2.95. The minimum Gasteiger partial charge on any atom is -0.459 e. The van der Waals surface area contributed by atoms with Crippen molar-refractivity contribution < 1.29 is 28.2 Å². The van der Waals surface area contributed by atoms with E-state index in [-0.39, 0.29) is 6.61 Å². The molecule has 0 spiro atoms. The monoisotopic (exact) mass is 358 g/mol. The SMILES string of the molecule is CC1OC(COC(=O)c2ccccc2)[C@@H](OC(=O)c2ccccc2)C1F. The van der Waals surface area contributed by atoms with Crippen LogP contribution >= 0.6 is 0 Å². The molecule has 2 aromatic carbocycles. The number of hydrogen-bond acceptors (Lipinski definition) is 5. The summed E-state index contributed by atoms with van der Waals surface area (Å²) in [4.78, 5) is 24.2. The molecule has 1 fully saturated rings. The van der Waals surface area contributed by atoms with Gasteiger partial charge in [0.1, 0.15) is 12.7 Å². The van der Waals surface area contributed by atoms with Crippen molar-refractivity contribution in [3.63, 3.8) is 0 Å². The standard InChI is InChI=1S/C20H19FO5/c1-13-17(21)18(26-20(23)15-10-6-3-7-11-15)16(25-13)12-24-19(22)14-8-4-2-5-9-14/h2-11,13,16-18H,12H2,1H3/t13?,16?,17?,18-/m1/s1. The Bertz CT molecular complexity index is 749. The molecule has 0 saturated carbocycles. The predicted octanol–water partition coefficient (Wildman–Crippen LogP) is 3.19. The third kappa shape index (κ3) is 4.08. The molecule has 1 aliphatic heterocycles. The van der Waals surface area contributed by atoms with E-state index in [0.717, 1.165) is 0 Å². The first-order chi connectivity index (χ1) is 12.6. The number of hydrogen-bond donors (Lipinski definition) is 0. The Labute approximate surface area is 150 Å². The smallest absolute Gasteiger partial charge is 0.338 e. The van der Waals surface area contributed by atoms with Crippen molar-refractivity contribution in [1.29, 1.82) is 0 Å². The van der Waals surface area contributed by atoms with Gasteiger partial charge in [-0.3, -0.25) is 0 Å². The molecular formula is C20H19FO5. The summed E-state index contributed by atoms with van der Waals surface area (Å²) in [6.07, 6.45) is -4.26. The molecule has 0 amide bonds. The van der Waals surface area contributed by atoms with Crippen LogP contribution in [0.2, 0.25) is 0 Å². The van der Waals surface area contributed by atoms with Gasteiger partial charge in [-0.2, -0.15) is 0 Å². The van der Waals surface area contributed by atoms with Crippen molar-refractivity contribution in [1.82, 2.24) is 0 Å². The van der Waals surface area contributed by atoms with E-state index in [4.69, 9.17) is 14.2 Å². The van der Waals surface area contributed by atoms with E-state index >= 15 is 0 Å². The first-order valence-corrected chi connectivity index (χ1v) is 8.34. The Morgan fingerprint density at radius 2 is 1.50 bits per heavy atom. The predicted molar refractivity (Wildman–Crippen MR) is 91.6 cm³/mol. The van der Waals surface area contributed by atoms with Crippen LogP contribution in [0.25, 0.3) is 0 Å². The minimum atomic E-state index is -1.50. The molecule has 0 bridgehead atoms. The molecule has 3 unspecified atom stereocenters. The summed E-state index contributed by atoms with van der Waals surface area (Å²) >= 11 is 0. The molecule has 0 radical (unpaired) electrons. The highest BCUT2D eigenvalue weighted by molar-refractivity contribution is 5.90. The number of rotatable bonds is 5. The Morgan fingerprint density at radius 1 is 0.962 bits per heavy atom. The molecule has 0 aromatic heterocycles. The number of benzene rings is 2. The second-order valence-corrected chi connectivity index (χ2v) is 6.02. The maximum atomic E-state index is 14.4. The zero-order valence-corrected chi connectivity index (χ0v) is 14.2. The average molecular weight is 358 g/mol. The topological polar surface area (TPSA) is 61.8 Å². The van der Waals surface area contributed by atoms with E-state index in [1.165, 1.54) is 0 Å². The van der Waals surface area contributed by atoms with Gasteiger partial charge >= 0.3 is 11.9 Å². The lowest BCUT2D eigenvalue weighted by atomic mass is 10.1. The Hall–Kier alpha value is -2.73. The summed E-state index contributed by atoms with van der Waals surface area (Å²) in [5, 5.41) is 0. The normalized spacial score (nSPS) is 24.8. The Kier molecular flexibility index (Phi) is 5.63. The van der Waals surface area contributed by atoms with Crippen LogP contribution in [-0.4, -0.2) is 43.0 Å². The number of carbonyl (C=O) groups is 2. The van der Waals surface area contributed by atoms with Crippen LogP contribution in [0, 0.1) is 0 Å². The van der Waals surface area contributed by atoms with Crippen LogP contribution in [0.1, 0.15) is 27.6 Å². The Balaban J connectivity index is 1.63. The van der Waals surface area contributed by atoms with Crippen molar-refractivity contribution in [3.8, 4) is 0 Å². The van der Waals surface area contributed by atoms with Gasteiger partial charge in [0.2, 0.25) is 0 Å². The molecule has 1 aliphatic rings. The number of carbonyl (C=O) groups excluding carboxylic acids is 2. The van der Waals surface area contributed by atoms with Crippen LogP contribution in [0.4, 0.5) is 4.39 Å². The number of ether oxygens (including phenoxy) is 3. The summed E-state index contributed by atoms with van der Waals surface area (Å²) in [7, 11) is 0. The molecule has 6 heteroatoms. The fraction of sp³-hybridized carbons (Fsp3) is 0.300. The van der Waals surface area contributed by atoms with Gasteiger partial charge in [-0.05, 0) is 31.2 Å². The molecule has 3 rings (SSSR count). The van der Waals surface area contributed by atoms with E-state index in [0.29, 0.717) is 11.1 Å². The summed E-state index contributed by atoms with van der Waals surface area (Å²) in [5.41, 5.74) is 0.701. The first kappa shape index (κ1) is 18.1. The number of alkyl halides is 1. The molecule has 136 valence electrons. The van der Waals surface area contributed by atoms with Gasteiger partial charge in [-0.25, -0.2) is 14.0 Å². The minimum absolute atomic E-state index is 0.203. The van der Waals surface area contributed by atoms with Gasteiger partial charge in [-0.15, -0.1) is 0 Å². The third-order valence-corrected chi connectivity index (χ3v) is 4.16. The van der Waals surface area contributed by atoms with Gasteiger partial charge < -0.3 is 14.2 Å². The fourth-order valence-electron chi connectivity index (χ4n) is 2.76. The van der Waals surface area contributed by atoms with Crippen LogP contribution in [0.3, 0.4) is 0 Å². The summed E-state index contributed by atoms with van der Waals surface area (Å²) in [6.45, 7) is 1.35. The van der Waals surface area contributed by atoms with Gasteiger partial charge in [-0.1, -0.05) is 36.4 Å². The molecule has 5 nitrogen and oxygen atoms in total. The van der Waals surface area contributed by atoms with E-state index in [2.05, 4.69) is 0 Å². The summed E-state index contributed by atoms with van der Waals surface area (Å²) in [5.74, 6) is -1.19. The van der Waals surface area contributed by atoms with Gasteiger partial charge in [0.25, 0.3) is 0 Å². The molecular weight excluding hydrogens is 339 g/mol. The van der Waals surface area contributed by atoms with Crippen LogP contribution < -0.4 is 0 Å². The van der Waals surface area contributed by atoms with Gasteiger partial charge in [0.15, 0.2) is 12.3 Å². The largest absolute Gasteiger partial charge is 0.459 e. The van der Waals surface area contributed by atoms with Crippen molar-refractivity contribution in [3.05, 3.63) is 71.8 Å². The van der Waals surface area contributed by atoms with E-state index in [9.17, 15) is 14.0 Å². The number of esters is 2. The van der Waals surface area contributed by atoms with E-state index < -0.39 is 36.4 Å². The highest BCUT2D eigenvalue weighted by Crippen LogP contribution is 2.27. The molecule has 4 atom stereocenters. The maximum absolute atomic E-state index is 14.4. The van der Waals surface area contributed by atoms with Crippen molar-refractivity contribution in [2.45, 2.75) is 31.4 Å². The zero-order valence-electron chi connectivity index (χ0n) is 14.2. The molecule has 0 N–H and O–H groups in total. The van der Waals surface area contributed by atoms with E-state index in [1.54, 1.807) is 67.6 Å². The molecule has 1 saturated heterocycles. The molecule has 1 heterocycles. The lowest BCUT2D eigenvalue weighted by Gasteiger charge is -2.20. The maximum Gasteiger partial charge on any atom is 0.338 e. The highest BCUT2D eigenvalue weighted by atomic mass is 19.1. The summed E-state index contributed by atoms with van der Waals surface area (Å²) in [6, 6.07) is 16.8. The fourth-order valence-corrected chi connectivity index (χ4v) is 2.76. The number of halogens is 1. The third-order valence-electron chi connectivity index (χ3n) is 4.16. The second-order valence-electron chi connectivity index (χ2n) is 6.02. The zero-order chi connectivity index (χ0) is 18.5. The van der Waals surface area contributed by atoms with Crippen LogP contribution in [0.5, 0.6) is 0 Å². The Morgan fingerprint density at radius 3 is 2.08 bits per heavy atom. The van der Waals surface area contributed by atoms with Gasteiger partial charge in [0, 0.05) is 0 Å².